The fraction of sp³-hybridized carbons (Fsp3) is 0.250. The van der Waals surface area contributed by atoms with Gasteiger partial charge in [0.05, 0.1) is 31.3 Å². The van der Waals surface area contributed by atoms with E-state index in [0.717, 1.165) is 4.31 Å². The van der Waals surface area contributed by atoms with E-state index in [-0.39, 0.29) is 22.6 Å². The summed E-state index contributed by atoms with van der Waals surface area (Å²) >= 11 is 0. The molecule has 2 aromatic carbocycles. The highest BCUT2D eigenvalue weighted by molar-refractivity contribution is 7.92. The molecule has 0 saturated carbocycles. The van der Waals surface area contributed by atoms with E-state index in [1.165, 1.54) is 50.4 Å². The number of carbonyl (C=O) groups excluding carboxylic acids is 2. The van der Waals surface area contributed by atoms with Crippen molar-refractivity contribution in [3.05, 3.63) is 77.2 Å². The number of sulfonamides is 1. The lowest BCUT2D eigenvalue weighted by Gasteiger charge is -2.21. The molecule has 0 fully saturated rings. The molecule has 0 radical (unpaired) electrons. The fourth-order valence-electron chi connectivity index (χ4n) is 3.34. The number of ether oxygens (including phenoxy) is 2. The number of esters is 1. The number of carbonyl (C=O) groups is 2. The van der Waals surface area contributed by atoms with Gasteiger partial charge in [-0.3, -0.25) is 9.10 Å². The summed E-state index contributed by atoms with van der Waals surface area (Å²) in [5.74, 6) is 0.461. The number of aryl methyl sites for hydroxylation is 1. The fourth-order valence-corrected chi connectivity index (χ4v) is 4.58. The van der Waals surface area contributed by atoms with Crippen LogP contribution in [0.1, 0.15) is 32.2 Å². The van der Waals surface area contributed by atoms with Gasteiger partial charge in [0.15, 0.2) is 0 Å². The molecule has 0 N–H and O–H groups in total. The molecule has 1 heterocycles. The van der Waals surface area contributed by atoms with Crippen molar-refractivity contribution in [2.24, 2.45) is 0 Å². The zero-order valence-corrected chi connectivity index (χ0v) is 20.4. The van der Waals surface area contributed by atoms with Crippen LogP contribution in [0.3, 0.4) is 0 Å². The van der Waals surface area contributed by atoms with E-state index in [0.29, 0.717) is 23.0 Å². The number of amides is 1. The summed E-state index contributed by atoms with van der Waals surface area (Å²) in [4.78, 5) is 26.1. The Morgan fingerprint density at radius 3 is 2.29 bits per heavy atom. The van der Waals surface area contributed by atoms with E-state index in [1.54, 1.807) is 44.3 Å². The Balaban J connectivity index is 1.80. The highest BCUT2D eigenvalue weighted by atomic mass is 32.2. The van der Waals surface area contributed by atoms with Gasteiger partial charge in [0.25, 0.3) is 15.9 Å². The lowest BCUT2D eigenvalue weighted by molar-refractivity contribution is 0.0598. The van der Waals surface area contributed by atoms with Crippen LogP contribution in [0.5, 0.6) is 5.75 Å². The van der Waals surface area contributed by atoms with Crippen LogP contribution in [0.4, 0.5) is 5.69 Å². The molecule has 34 heavy (non-hydrogen) atoms. The van der Waals surface area contributed by atoms with Gasteiger partial charge in [0.1, 0.15) is 22.8 Å². The summed E-state index contributed by atoms with van der Waals surface area (Å²) in [7, 11) is 1.89. The van der Waals surface area contributed by atoms with Crippen molar-refractivity contribution in [1.29, 1.82) is 0 Å². The molecule has 0 saturated heterocycles. The number of benzene rings is 2. The second-order valence-electron chi connectivity index (χ2n) is 7.53. The third kappa shape index (κ3) is 5.07. The molecule has 10 heteroatoms. The van der Waals surface area contributed by atoms with Crippen molar-refractivity contribution >= 4 is 27.6 Å². The smallest absolute Gasteiger partial charge is 0.341 e. The topological polar surface area (TPSA) is 106 Å². The normalized spacial score (nSPS) is 11.1. The number of methoxy groups -OCH3 is 2. The number of hydrogen-bond donors (Lipinski definition) is 0. The number of hydrogen-bond acceptors (Lipinski definition) is 7. The highest BCUT2D eigenvalue weighted by Crippen LogP contribution is 2.25. The van der Waals surface area contributed by atoms with Crippen molar-refractivity contribution in [2.75, 3.05) is 32.6 Å². The van der Waals surface area contributed by atoms with Crippen molar-refractivity contribution < 1.29 is 31.9 Å². The molecule has 180 valence electrons. The molecular weight excluding hydrogens is 460 g/mol. The van der Waals surface area contributed by atoms with Crippen LogP contribution in [0, 0.1) is 6.92 Å². The first-order valence-electron chi connectivity index (χ1n) is 10.2. The molecule has 0 spiro atoms. The second kappa shape index (κ2) is 10.0. The maximum absolute atomic E-state index is 13.2. The van der Waals surface area contributed by atoms with Crippen LogP contribution in [-0.2, 0) is 21.3 Å². The van der Waals surface area contributed by atoms with E-state index in [9.17, 15) is 18.0 Å². The maximum atomic E-state index is 13.2. The molecule has 0 aliphatic heterocycles. The van der Waals surface area contributed by atoms with E-state index < -0.39 is 21.9 Å². The summed E-state index contributed by atoms with van der Waals surface area (Å²) in [6.45, 7) is 1.71. The van der Waals surface area contributed by atoms with E-state index in [4.69, 9.17) is 13.9 Å². The van der Waals surface area contributed by atoms with Crippen LogP contribution in [-0.4, -0.2) is 53.5 Å². The van der Waals surface area contributed by atoms with E-state index in [2.05, 4.69) is 0 Å². The Kier molecular flexibility index (Phi) is 7.31. The lowest BCUT2D eigenvalue weighted by atomic mass is 10.2. The zero-order valence-electron chi connectivity index (χ0n) is 19.6. The van der Waals surface area contributed by atoms with Gasteiger partial charge in [-0.2, -0.15) is 0 Å². The average Bonchev–Trinajstić information content (AvgIpc) is 3.22. The molecular formula is C24H26N2O7S. The first kappa shape index (κ1) is 24.8. The molecule has 1 amide bonds. The predicted molar refractivity (Wildman–Crippen MR) is 126 cm³/mol. The number of anilines is 1. The van der Waals surface area contributed by atoms with Gasteiger partial charge in [-0.25, -0.2) is 13.2 Å². The van der Waals surface area contributed by atoms with Crippen LogP contribution < -0.4 is 9.04 Å². The van der Waals surface area contributed by atoms with Crippen molar-refractivity contribution in [2.45, 2.75) is 18.4 Å². The molecule has 3 rings (SSSR count). The maximum Gasteiger partial charge on any atom is 0.341 e. The molecule has 1 aromatic heterocycles. The predicted octanol–water partition coefficient (Wildman–Crippen LogP) is 3.48. The average molecular weight is 487 g/mol. The Morgan fingerprint density at radius 1 is 1.00 bits per heavy atom. The van der Waals surface area contributed by atoms with E-state index in [1.807, 2.05) is 0 Å². The molecule has 0 atom stereocenters. The van der Waals surface area contributed by atoms with Gasteiger partial charge in [-0.1, -0.05) is 6.07 Å². The standard InChI is InChI=1S/C24H26N2O7S/c1-16-22(24(28)32-5)14-20(33-16)15-25(2)23(27)17-7-6-8-21(13-17)34(29,30)26(3)18-9-11-19(31-4)12-10-18/h6-14H,15H2,1-5H3. The largest absolute Gasteiger partial charge is 0.497 e. The summed E-state index contributed by atoms with van der Waals surface area (Å²) in [6, 6.07) is 13.9. The lowest BCUT2D eigenvalue weighted by Crippen LogP contribution is -2.28. The minimum absolute atomic E-state index is 0.0214. The minimum atomic E-state index is -3.92. The number of nitrogens with zero attached hydrogens (tertiary/aromatic N) is 2. The summed E-state index contributed by atoms with van der Waals surface area (Å²) in [5.41, 5.74) is 0.931. The van der Waals surface area contributed by atoms with Gasteiger partial charge in [0.2, 0.25) is 0 Å². The first-order chi connectivity index (χ1) is 16.1. The quantitative estimate of drug-likeness (QED) is 0.449. The Bertz CT molecular complexity index is 1300. The zero-order chi connectivity index (χ0) is 25.0. The SMILES string of the molecule is COC(=O)c1cc(CN(C)C(=O)c2cccc(S(=O)(=O)N(C)c3ccc(OC)cc3)c2)oc1C. The van der Waals surface area contributed by atoms with Gasteiger partial charge >= 0.3 is 5.97 Å². The highest BCUT2D eigenvalue weighted by Gasteiger charge is 2.24. The number of furan rings is 1. The van der Waals surface area contributed by atoms with Gasteiger partial charge < -0.3 is 18.8 Å². The third-order valence-electron chi connectivity index (χ3n) is 5.29. The molecule has 0 bridgehead atoms. The summed E-state index contributed by atoms with van der Waals surface area (Å²) in [5, 5.41) is 0. The molecule has 9 nitrogen and oxygen atoms in total. The molecule has 0 unspecified atom stereocenters. The van der Waals surface area contributed by atoms with Crippen LogP contribution in [0.15, 0.2) is 63.9 Å². The van der Waals surface area contributed by atoms with Crippen molar-refractivity contribution in [3.63, 3.8) is 0 Å². The third-order valence-corrected chi connectivity index (χ3v) is 7.07. The summed E-state index contributed by atoms with van der Waals surface area (Å²) in [6.07, 6.45) is 0. The Hall–Kier alpha value is -3.79. The first-order valence-corrected chi connectivity index (χ1v) is 11.7. The van der Waals surface area contributed by atoms with E-state index >= 15 is 0 Å². The van der Waals surface area contributed by atoms with Gasteiger partial charge in [-0.05, 0) is 55.5 Å². The van der Waals surface area contributed by atoms with Crippen LogP contribution in [0.2, 0.25) is 0 Å². The second-order valence-corrected chi connectivity index (χ2v) is 9.50. The van der Waals surface area contributed by atoms with Crippen molar-refractivity contribution in [3.8, 4) is 5.75 Å². The van der Waals surface area contributed by atoms with Crippen LogP contribution >= 0.6 is 0 Å². The van der Waals surface area contributed by atoms with Crippen molar-refractivity contribution in [1.82, 2.24) is 4.90 Å². The molecule has 3 aromatic rings. The molecule has 0 aliphatic carbocycles. The van der Waals surface area contributed by atoms with Gasteiger partial charge in [-0.15, -0.1) is 0 Å². The van der Waals surface area contributed by atoms with Gasteiger partial charge in [0, 0.05) is 19.7 Å². The summed E-state index contributed by atoms with van der Waals surface area (Å²) < 4.78 is 42.9. The monoisotopic (exact) mass is 486 g/mol. The molecule has 0 aliphatic rings. The Morgan fingerprint density at radius 2 is 1.68 bits per heavy atom. The van der Waals surface area contributed by atoms with Crippen LogP contribution in [0.25, 0.3) is 0 Å². The Labute approximate surface area is 198 Å². The number of rotatable bonds is 8. The minimum Gasteiger partial charge on any atom is -0.497 e.